The van der Waals surface area contributed by atoms with E-state index in [1.54, 1.807) is 0 Å². The van der Waals surface area contributed by atoms with E-state index in [1.165, 1.54) is 35.6 Å². The molecule has 0 saturated heterocycles. The number of hydrogen-bond donors (Lipinski definition) is 3. The Morgan fingerprint density at radius 1 is 0.788 bits per heavy atom. The van der Waals surface area contributed by atoms with Crippen LogP contribution in [0.1, 0.15) is 20.9 Å². The maximum Gasteiger partial charge on any atom is 0.311 e. The summed E-state index contributed by atoms with van der Waals surface area (Å²) in [5, 5.41) is 19.9. The van der Waals surface area contributed by atoms with Gasteiger partial charge in [-0.25, -0.2) is 0 Å². The number of hydrazine groups is 1. The Morgan fingerprint density at radius 3 is 1.88 bits per heavy atom. The number of nitrogens with zero attached hydrogens (tertiary/aromatic N) is 1. The molecule has 0 saturated carbocycles. The molecule has 0 unspecified atom stereocenters. The Bertz CT molecular complexity index is 1190. The Kier molecular flexibility index (Phi) is 7.53. The molecule has 0 aliphatic rings. The predicted molar refractivity (Wildman–Crippen MR) is 120 cm³/mol. The molecule has 2 amide bonds. The number of amides is 2. The summed E-state index contributed by atoms with van der Waals surface area (Å²) in [6, 6.07) is 26.8. The fourth-order valence-corrected chi connectivity index (χ4v) is 2.73. The van der Waals surface area contributed by atoms with Crippen molar-refractivity contribution in [1.82, 2.24) is 10.9 Å². The fourth-order valence-electron chi connectivity index (χ4n) is 2.73. The van der Waals surface area contributed by atoms with Crippen LogP contribution in [0.15, 0.2) is 102 Å². The smallest absolute Gasteiger partial charge is 0.311 e. The number of aromatic hydroxyl groups is 1. The van der Waals surface area contributed by atoms with E-state index in [2.05, 4.69) is 59.4 Å². The Balaban J connectivity index is 0.000000215. The highest BCUT2D eigenvalue weighted by atomic mass is 16.6. The number of nitrogens with one attached hydrogen (secondary N) is 2. The minimum Gasteiger partial charge on any atom is -0.502 e. The number of phenols is 1. The van der Waals surface area contributed by atoms with E-state index in [0.29, 0.717) is 0 Å². The number of benzene rings is 3. The molecule has 1 heterocycles. The van der Waals surface area contributed by atoms with Gasteiger partial charge in [-0.05, 0) is 35.4 Å². The van der Waals surface area contributed by atoms with Crippen molar-refractivity contribution in [3.8, 4) is 16.9 Å². The first-order chi connectivity index (χ1) is 16.0. The molecule has 0 bridgehead atoms. The first kappa shape index (κ1) is 22.8. The largest absolute Gasteiger partial charge is 0.502 e. The van der Waals surface area contributed by atoms with Gasteiger partial charge in [0.25, 0.3) is 5.91 Å². The van der Waals surface area contributed by atoms with Gasteiger partial charge >= 0.3 is 11.6 Å². The second-order valence-corrected chi connectivity index (χ2v) is 6.58. The number of nitro benzene ring substituents is 1. The third-order valence-electron chi connectivity index (χ3n) is 4.35. The molecular weight excluding hydrogens is 426 g/mol. The van der Waals surface area contributed by atoms with E-state index in [1.807, 2.05) is 12.1 Å². The summed E-state index contributed by atoms with van der Waals surface area (Å²) in [6.45, 7) is 0. The van der Waals surface area contributed by atoms with Gasteiger partial charge in [-0.15, -0.1) is 0 Å². The average molecular weight is 445 g/mol. The summed E-state index contributed by atoms with van der Waals surface area (Å²) in [4.78, 5) is 33.1. The van der Waals surface area contributed by atoms with Gasteiger partial charge in [0.15, 0.2) is 11.5 Å². The van der Waals surface area contributed by atoms with Crippen LogP contribution in [0.5, 0.6) is 5.75 Å². The summed E-state index contributed by atoms with van der Waals surface area (Å²) >= 11 is 0. The fraction of sp³-hybridized carbons (Fsp3) is 0. The van der Waals surface area contributed by atoms with Gasteiger partial charge in [0.05, 0.1) is 11.2 Å². The minimum absolute atomic E-state index is 0.00742. The van der Waals surface area contributed by atoms with E-state index in [4.69, 9.17) is 4.42 Å². The minimum atomic E-state index is -0.826. The van der Waals surface area contributed by atoms with Crippen LogP contribution in [-0.4, -0.2) is 21.8 Å². The van der Waals surface area contributed by atoms with Crippen LogP contribution >= 0.6 is 0 Å². The number of furan rings is 1. The highest BCUT2D eigenvalue weighted by molar-refractivity contribution is 5.98. The lowest BCUT2D eigenvalue weighted by atomic mass is 10.1. The van der Waals surface area contributed by atoms with Crippen LogP contribution in [0.4, 0.5) is 5.69 Å². The van der Waals surface area contributed by atoms with Crippen molar-refractivity contribution in [3.63, 3.8) is 0 Å². The summed E-state index contributed by atoms with van der Waals surface area (Å²) in [5.41, 5.74) is 5.99. The highest BCUT2D eigenvalue weighted by Crippen LogP contribution is 2.26. The van der Waals surface area contributed by atoms with Crippen LogP contribution < -0.4 is 10.9 Å². The zero-order chi connectivity index (χ0) is 23.6. The molecule has 4 aromatic rings. The van der Waals surface area contributed by atoms with Gasteiger partial charge in [0, 0.05) is 11.6 Å². The highest BCUT2D eigenvalue weighted by Gasteiger charge is 2.17. The topological polar surface area (TPSA) is 135 Å². The SMILES string of the molecule is O=C(NNC(=O)c1ccco1)c1ccc(O)c([N+](=O)[O-])c1.c1ccc(-c2ccccc2)cc1. The molecule has 3 N–H and O–H groups in total. The number of carbonyl (C=O) groups is 2. The lowest BCUT2D eigenvalue weighted by Crippen LogP contribution is -2.41. The number of carbonyl (C=O) groups excluding carboxylic acids is 2. The van der Waals surface area contributed by atoms with Crippen molar-refractivity contribution in [3.05, 3.63) is 119 Å². The van der Waals surface area contributed by atoms with Crippen LogP contribution in [0.2, 0.25) is 0 Å². The number of hydrogen-bond acceptors (Lipinski definition) is 6. The van der Waals surface area contributed by atoms with E-state index < -0.39 is 28.2 Å². The second-order valence-electron chi connectivity index (χ2n) is 6.58. The normalized spacial score (nSPS) is 9.82. The number of rotatable bonds is 4. The molecule has 0 spiro atoms. The van der Waals surface area contributed by atoms with Gasteiger partial charge < -0.3 is 9.52 Å². The zero-order valence-corrected chi connectivity index (χ0v) is 17.2. The summed E-state index contributed by atoms with van der Waals surface area (Å²) in [6.07, 6.45) is 1.29. The molecule has 0 aliphatic carbocycles. The van der Waals surface area contributed by atoms with E-state index in [0.717, 1.165) is 12.1 Å². The standard InChI is InChI=1S/C12H9N3O6.C12H10/c16-9-4-3-7(6-8(9)15(19)20)11(17)13-14-12(18)10-2-1-5-21-10;1-3-7-11(8-4-1)12-9-5-2-6-10-12/h1-6,16H,(H,13,17)(H,14,18);1-10H. The van der Waals surface area contributed by atoms with Gasteiger partial charge in [-0.2, -0.15) is 0 Å². The first-order valence-corrected chi connectivity index (χ1v) is 9.68. The molecule has 4 rings (SSSR count). The van der Waals surface area contributed by atoms with Crippen LogP contribution in [0.25, 0.3) is 11.1 Å². The van der Waals surface area contributed by atoms with Crippen molar-refractivity contribution < 1.29 is 24.0 Å². The third kappa shape index (κ3) is 6.28. The van der Waals surface area contributed by atoms with Crippen molar-refractivity contribution in [2.24, 2.45) is 0 Å². The summed E-state index contributed by atoms with van der Waals surface area (Å²) < 4.78 is 4.81. The third-order valence-corrected chi connectivity index (χ3v) is 4.35. The molecule has 33 heavy (non-hydrogen) atoms. The molecular formula is C24H19N3O6. The van der Waals surface area contributed by atoms with Gasteiger partial charge in [-0.1, -0.05) is 60.7 Å². The molecule has 0 radical (unpaired) electrons. The van der Waals surface area contributed by atoms with Gasteiger partial charge in [0.2, 0.25) is 0 Å². The van der Waals surface area contributed by atoms with Gasteiger partial charge in [-0.3, -0.25) is 30.6 Å². The van der Waals surface area contributed by atoms with E-state index in [-0.39, 0.29) is 11.3 Å². The molecule has 0 fully saturated rings. The van der Waals surface area contributed by atoms with E-state index >= 15 is 0 Å². The maximum atomic E-state index is 11.7. The molecule has 9 heteroatoms. The zero-order valence-electron chi connectivity index (χ0n) is 17.2. The lowest BCUT2D eigenvalue weighted by Gasteiger charge is -2.06. The Hall–Kier alpha value is -4.92. The number of phenolic OH excluding ortho intramolecular Hbond substituents is 1. The Morgan fingerprint density at radius 2 is 1.36 bits per heavy atom. The molecule has 3 aromatic carbocycles. The number of nitro groups is 1. The summed E-state index contributed by atoms with van der Waals surface area (Å²) in [7, 11) is 0. The molecule has 9 nitrogen and oxygen atoms in total. The second kappa shape index (κ2) is 10.9. The molecule has 1 aromatic heterocycles. The molecule has 0 atom stereocenters. The predicted octanol–water partition coefficient (Wildman–Crippen LogP) is 4.32. The van der Waals surface area contributed by atoms with Gasteiger partial charge in [0.1, 0.15) is 0 Å². The Labute approximate surface area is 188 Å². The summed E-state index contributed by atoms with van der Waals surface area (Å²) in [5.74, 6) is -2.03. The molecule has 166 valence electrons. The monoisotopic (exact) mass is 445 g/mol. The van der Waals surface area contributed by atoms with E-state index in [9.17, 15) is 24.8 Å². The lowest BCUT2D eigenvalue weighted by molar-refractivity contribution is -0.385. The van der Waals surface area contributed by atoms with Crippen molar-refractivity contribution >= 4 is 17.5 Å². The quantitative estimate of drug-likeness (QED) is 0.316. The van der Waals surface area contributed by atoms with Crippen molar-refractivity contribution in [1.29, 1.82) is 0 Å². The van der Waals surface area contributed by atoms with Crippen LogP contribution in [0, 0.1) is 10.1 Å². The molecule has 0 aliphatic heterocycles. The maximum absolute atomic E-state index is 11.7. The average Bonchev–Trinajstić information content (AvgIpc) is 3.39. The van der Waals surface area contributed by atoms with Crippen LogP contribution in [-0.2, 0) is 0 Å². The van der Waals surface area contributed by atoms with Crippen molar-refractivity contribution in [2.45, 2.75) is 0 Å². The van der Waals surface area contributed by atoms with Crippen molar-refractivity contribution in [2.75, 3.05) is 0 Å². The first-order valence-electron chi connectivity index (χ1n) is 9.68. The van der Waals surface area contributed by atoms with Crippen LogP contribution in [0.3, 0.4) is 0 Å².